The molecule has 0 aromatic heterocycles. The van der Waals surface area contributed by atoms with Gasteiger partial charge in [0.2, 0.25) is 10.0 Å². The molecule has 2 saturated heterocycles. The van der Waals surface area contributed by atoms with Gasteiger partial charge in [-0.3, -0.25) is 4.99 Å². The van der Waals surface area contributed by atoms with Gasteiger partial charge in [0.05, 0.1) is 23.4 Å². The maximum Gasteiger partial charge on any atom is 0.243 e. The maximum absolute atomic E-state index is 13.2. The highest BCUT2D eigenvalue weighted by Crippen LogP contribution is 2.35. The Morgan fingerprint density at radius 1 is 0.969 bits per heavy atom. The number of hydrogen-bond acceptors (Lipinski definition) is 6. The van der Waals surface area contributed by atoms with Crippen LogP contribution in [0.25, 0.3) is 0 Å². The van der Waals surface area contributed by atoms with Crippen molar-refractivity contribution in [3.05, 3.63) is 42.0 Å². The second-order valence-corrected chi connectivity index (χ2v) is 10.3. The second-order valence-electron chi connectivity index (χ2n) is 8.32. The Morgan fingerprint density at radius 2 is 1.66 bits per heavy atom. The van der Waals surface area contributed by atoms with Crippen LogP contribution in [-0.4, -0.2) is 57.3 Å². The lowest BCUT2D eigenvalue weighted by molar-refractivity contribution is 0.346. The van der Waals surface area contributed by atoms with E-state index in [4.69, 9.17) is 4.74 Å². The number of piperidine rings is 2. The van der Waals surface area contributed by atoms with E-state index >= 15 is 0 Å². The van der Waals surface area contributed by atoms with Crippen molar-refractivity contribution in [3.63, 3.8) is 0 Å². The molecule has 32 heavy (non-hydrogen) atoms. The summed E-state index contributed by atoms with van der Waals surface area (Å²) in [6.45, 7) is 2.97. The number of methoxy groups -OCH3 is 1. The zero-order valence-corrected chi connectivity index (χ0v) is 19.4. The van der Waals surface area contributed by atoms with E-state index in [1.165, 1.54) is 13.5 Å². The molecule has 8 heteroatoms. The first-order chi connectivity index (χ1) is 15.5. The Balaban J connectivity index is 1.73. The summed E-state index contributed by atoms with van der Waals surface area (Å²) in [4.78, 5) is 7.17. The molecule has 2 fully saturated rings. The molecular formula is C24H31N3O4S. The third kappa shape index (κ3) is 4.76. The molecule has 4 rings (SSSR count). The Kier molecular flexibility index (Phi) is 7.01. The number of rotatable bonds is 6. The van der Waals surface area contributed by atoms with Crippen LogP contribution in [0.5, 0.6) is 11.5 Å². The van der Waals surface area contributed by atoms with Crippen molar-refractivity contribution in [3.8, 4) is 11.5 Å². The van der Waals surface area contributed by atoms with Gasteiger partial charge in [0.1, 0.15) is 0 Å². The van der Waals surface area contributed by atoms with Gasteiger partial charge < -0.3 is 14.7 Å². The normalized spacial score (nSPS) is 18.2. The van der Waals surface area contributed by atoms with E-state index in [2.05, 4.69) is 9.89 Å². The van der Waals surface area contributed by atoms with Crippen molar-refractivity contribution >= 4 is 27.6 Å². The summed E-state index contributed by atoms with van der Waals surface area (Å²) in [5, 5.41) is 10.4. The van der Waals surface area contributed by atoms with Crippen LogP contribution in [0.1, 0.15) is 44.1 Å². The number of anilines is 1. The van der Waals surface area contributed by atoms with Crippen LogP contribution in [0.3, 0.4) is 0 Å². The van der Waals surface area contributed by atoms with Gasteiger partial charge in [0.15, 0.2) is 11.5 Å². The predicted octanol–water partition coefficient (Wildman–Crippen LogP) is 4.32. The summed E-state index contributed by atoms with van der Waals surface area (Å²) in [6, 6.07) is 10.5. The van der Waals surface area contributed by atoms with Crippen LogP contribution in [0, 0.1) is 0 Å². The molecule has 172 valence electrons. The Morgan fingerprint density at radius 3 is 2.34 bits per heavy atom. The summed E-state index contributed by atoms with van der Waals surface area (Å²) >= 11 is 0. The average molecular weight is 458 g/mol. The number of hydrogen-bond donors (Lipinski definition) is 1. The van der Waals surface area contributed by atoms with Crippen LogP contribution in [0.2, 0.25) is 0 Å². The highest BCUT2D eigenvalue weighted by molar-refractivity contribution is 7.89. The Hall–Kier alpha value is -2.58. The summed E-state index contributed by atoms with van der Waals surface area (Å²) < 4.78 is 33.2. The van der Waals surface area contributed by atoms with Gasteiger partial charge in [0.25, 0.3) is 0 Å². The van der Waals surface area contributed by atoms with E-state index in [1.54, 1.807) is 40.9 Å². The number of ether oxygens (including phenoxy) is 1. The van der Waals surface area contributed by atoms with Gasteiger partial charge in [-0.1, -0.05) is 12.5 Å². The number of sulfonamides is 1. The zero-order valence-electron chi connectivity index (χ0n) is 18.5. The van der Waals surface area contributed by atoms with Crippen LogP contribution in [0.4, 0.5) is 11.4 Å². The Bertz CT molecular complexity index is 1070. The largest absolute Gasteiger partial charge is 0.504 e. The quantitative estimate of drug-likeness (QED) is 0.654. The van der Waals surface area contributed by atoms with E-state index in [1.807, 2.05) is 6.07 Å². The lowest BCUT2D eigenvalue weighted by Crippen LogP contribution is -2.35. The molecule has 0 radical (unpaired) electrons. The van der Waals surface area contributed by atoms with Gasteiger partial charge in [-0.2, -0.15) is 4.31 Å². The molecule has 0 spiro atoms. The van der Waals surface area contributed by atoms with Crippen LogP contribution in [-0.2, 0) is 10.0 Å². The topological polar surface area (TPSA) is 82.4 Å². The molecule has 7 nitrogen and oxygen atoms in total. The van der Waals surface area contributed by atoms with Gasteiger partial charge in [-0.15, -0.1) is 0 Å². The van der Waals surface area contributed by atoms with Crippen molar-refractivity contribution in [2.24, 2.45) is 4.99 Å². The monoisotopic (exact) mass is 457 g/mol. The lowest BCUT2D eigenvalue weighted by Gasteiger charge is -2.30. The molecule has 0 amide bonds. The Labute approximate surface area is 190 Å². The van der Waals surface area contributed by atoms with Gasteiger partial charge in [-0.25, -0.2) is 8.42 Å². The minimum absolute atomic E-state index is 0.00960. The van der Waals surface area contributed by atoms with Crippen molar-refractivity contribution < 1.29 is 18.3 Å². The number of para-hydroxylation sites is 1. The van der Waals surface area contributed by atoms with Crippen LogP contribution >= 0.6 is 0 Å². The number of phenols is 1. The minimum atomic E-state index is -3.56. The first-order valence-electron chi connectivity index (χ1n) is 11.3. The molecular weight excluding hydrogens is 426 g/mol. The predicted molar refractivity (Wildman–Crippen MR) is 127 cm³/mol. The summed E-state index contributed by atoms with van der Waals surface area (Å²) in [7, 11) is -2.06. The zero-order chi connectivity index (χ0) is 22.6. The molecule has 2 aliphatic heterocycles. The third-order valence-electron chi connectivity index (χ3n) is 6.19. The maximum atomic E-state index is 13.2. The fraction of sp³-hybridized carbons (Fsp3) is 0.458. The van der Waals surface area contributed by atoms with Crippen molar-refractivity contribution in [2.75, 3.05) is 38.2 Å². The molecule has 0 unspecified atom stereocenters. The fourth-order valence-electron chi connectivity index (χ4n) is 4.37. The molecule has 0 atom stereocenters. The summed E-state index contributed by atoms with van der Waals surface area (Å²) in [5.41, 5.74) is 2.02. The van der Waals surface area contributed by atoms with Gasteiger partial charge in [-0.05, 0) is 62.4 Å². The van der Waals surface area contributed by atoms with E-state index in [-0.39, 0.29) is 10.6 Å². The molecule has 0 saturated carbocycles. The van der Waals surface area contributed by atoms with Crippen molar-refractivity contribution in [1.82, 2.24) is 4.31 Å². The average Bonchev–Trinajstić information content (AvgIpc) is 2.84. The van der Waals surface area contributed by atoms with E-state index in [9.17, 15) is 13.5 Å². The lowest BCUT2D eigenvalue weighted by atomic mass is 10.1. The third-order valence-corrected chi connectivity index (χ3v) is 8.08. The molecule has 1 N–H and O–H groups in total. The van der Waals surface area contributed by atoms with E-state index in [0.717, 1.165) is 50.9 Å². The smallest absolute Gasteiger partial charge is 0.243 e. The highest BCUT2D eigenvalue weighted by atomic mass is 32.2. The highest BCUT2D eigenvalue weighted by Gasteiger charge is 2.27. The number of aliphatic imine (C=N–C) groups is 1. The van der Waals surface area contributed by atoms with Crippen LogP contribution in [0.15, 0.2) is 46.3 Å². The first kappa shape index (κ1) is 22.6. The van der Waals surface area contributed by atoms with Gasteiger partial charge >= 0.3 is 0 Å². The summed E-state index contributed by atoms with van der Waals surface area (Å²) in [6.07, 6.45) is 7.84. The van der Waals surface area contributed by atoms with E-state index in [0.29, 0.717) is 30.1 Å². The molecule has 2 aromatic carbocycles. The van der Waals surface area contributed by atoms with E-state index < -0.39 is 10.0 Å². The summed E-state index contributed by atoms with van der Waals surface area (Å²) in [5.74, 6) is 0.377. The fourth-order valence-corrected chi connectivity index (χ4v) is 5.91. The number of phenolic OH excluding ortho intramolecular Hbond substituents is 1. The van der Waals surface area contributed by atoms with Crippen molar-refractivity contribution in [2.45, 2.75) is 43.4 Å². The number of benzene rings is 2. The molecule has 2 aliphatic rings. The molecule has 0 bridgehead atoms. The van der Waals surface area contributed by atoms with Crippen LogP contribution < -0.4 is 9.64 Å². The second kappa shape index (κ2) is 9.92. The minimum Gasteiger partial charge on any atom is -0.504 e. The standard InChI is InChI=1S/C24H31N3O4S/c1-31-23-10-8-9-19(24(23)28)18-25-21-17-20(32(29,30)27-15-6-3-7-16-27)11-12-22(21)26-13-4-2-5-14-26/h8-12,17-18,28H,2-7,13-16H2,1H3. The molecule has 0 aliphatic carbocycles. The van der Waals surface area contributed by atoms with Gasteiger partial charge in [0, 0.05) is 38.0 Å². The molecule has 2 aromatic rings. The molecule has 2 heterocycles. The number of aromatic hydroxyl groups is 1. The SMILES string of the molecule is COc1cccc(C=Nc2cc(S(=O)(=O)N3CCCCC3)ccc2N2CCCCC2)c1O. The number of nitrogens with zero attached hydrogens (tertiary/aromatic N) is 3. The van der Waals surface area contributed by atoms with Crippen molar-refractivity contribution in [1.29, 1.82) is 0 Å². The first-order valence-corrected chi connectivity index (χ1v) is 12.7.